The predicted molar refractivity (Wildman–Crippen MR) is 116 cm³/mol. The first kappa shape index (κ1) is 20.1. The summed E-state index contributed by atoms with van der Waals surface area (Å²) in [6, 6.07) is 11.6. The number of nitrogens with zero attached hydrogens (tertiary/aromatic N) is 4. The number of carbonyl (C=O) groups excluding carboxylic acids is 1. The smallest absolute Gasteiger partial charge is 0.254 e. The number of hydrogen-bond acceptors (Lipinski definition) is 5. The maximum absolute atomic E-state index is 12.8. The molecule has 2 aromatic heterocycles. The first-order valence-corrected chi connectivity index (χ1v) is 11.4. The Labute approximate surface area is 182 Å². The molecule has 0 aliphatic carbocycles. The van der Waals surface area contributed by atoms with Gasteiger partial charge in [0.2, 0.25) is 0 Å². The molecule has 3 aromatic rings. The van der Waals surface area contributed by atoms with E-state index in [1.807, 2.05) is 30.3 Å². The van der Waals surface area contributed by atoms with Gasteiger partial charge in [-0.25, -0.2) is 4.98 Å². The van der Waals surface area contributed by atoms with E-state index in [4.69, 9.17) is 0 Å². The predicted octanol–water partition coefficient (Wildman–Crippen LogP) is 4.29. The third kappa shape index (κ3) is 5.05. The van der Waals surface area contributed by atoms with Crippen molar-refractivity contribution >= 4 is 33.6 Å². The molecule has 0 fully saturated rings. The van der Waals surface area contributed by atoms with Crippen molar-refractivity contribution < 1.29 is 4.79 Å². The first-order valence-electron chi connectivity index (χ1n) is 9.78. The highest BCUT2D eigenvalue weighted by molar-refractivity contribution is 9.10. The molecule has 0 unspecified atom stereocenters. The van der Waals surface area contributed by atoms with Gasteiger partial charge in [-0.3, -0.25) is 4.79 Å². The Morgan fingerprint density at radius 2 is 2.00 bits per heavy atom. The van der Waals surface area contributed by atoms with Crippen LogP contribution in [-0.4, -0.2) is 32.2 Å². The second kappa shape index (κ2) is 9.54. The monoisotopic (exact) mass is 471 g/mol. The molecule has 1 amide bonds. The number of pyridine rings is 1. The lowest BCUT2D eigenvalue weighted by Gasteiger charge is -2.10. The van der Waals surface area contributed by atoms with Crippen LogP contribution in [0.15, 0.2) is 57.0 Å². The number of carbonyl (C=O) groups is 1. The third-order valence-corrected chi connectivity index (χ3v) is 6.42. The summed E-state index contributed by atoms with van der Waals surface area (Å²) in [6.07, 6.45) is 6.95. The van der Waals surface area contributed by atoms with Gasteiger partial charge in [0.1, 0.15) is 16.7 Å². The third-order valence-electron chi connectivity index (χ3n) is 4.86. The zero-order valence-corrected chi connectivity index (χ0v) is 18.4. The molecule has 0 bridgehead atoms. The van der Waals surface area contributed by atoms with E-state index in [2.05, 4.69) is 41.0 Å². The van der Waals surface area contributed by atoms with E-state index in [9.17, 15) is 4.79 Å². The van der Waals surface area contributed by atoms with E-state index in [0.29, 0.717) is 23.6 Å². The Bertz CT molecular complexity index is 989. The van der Waals surface area contributed by atoms with Gasteiger partial charge in [-0.05, 0) is 49.2 Å². The maximum Gasteiger partial charge on any atom is 0.254 e. The van der Waals surface area contributed by atoms with Crippen LogP contribution < -0.4 is 5.32 Å². The van der Waals surface area contributed by atoms with E-state index in [0.717, 1.165) is 40.4 Å². The van der Waals surface area contributed by atoms with Crippen molar-refractivity contribution in [2.75, 3.05) is 6.54 Å². The second-order valence-electron chi connectivity index (χ2n) is 6.91. The van der Waals surface area contributed by atoms with Crippen molar-refractivity contribution in [2.45, 2.75) is 48.6 Å². The minimum absolute atomic E-state index is 0.117. The molecule has 1 N–H and O–H groups in total. The Morgan fingerprint density at radius 1 is 1.14 bits per heavy atom. The number of aromatic nitrogens is 4. The van der Waals surface area contributed by atoms with Crippen LogP contribution in [0, 0.1) is 0 Å². The lowest BCUT2D eigenvalue weighted by Crippen LogP contribution is -2.27. The summed E-state index contributed by atoms with van der Waals surface area (Å²) in [5, 5.41) is 12.4. The van der Waals surface area contributed by atoms with E-state index >= 15 is 0 Å². The number of benzene rings is 1. The van der Waals surface area contributed by atoms with Gasteiger partial charge in [-0.2, -0.15) is 0 Å². The van der Waals surface area contributed by atoms with Gasteiger partial charge in [0.25, 0.3) is 5.91 Å². The van der Waals surface area contributed by atoms with Gasteiger partial charge in [0.15, 0.2) is 0 Å². The van der Waals surface area contributed by atoms with E-state index in [1.54, 1.807) is 12.3 Å². The number of aryl methyl sites for hydroxylation is 1. The fourth-order valence-electron chi connectivity index (χ4n) is 3.37. The standard InChI is InChI=1S/C21H22BrN5OS/c22-15-7-9-16(10-8-15)29-21-17(5-4-12-24-21)20(28)23-13-11-19-26-25-18-6-2-1-3-14-27(18)19/h4-5,7-10,12H,1-3,6,11,13-14H2,(H,23,28). The molecule has 29 heavy (non-hydrogen) atoms. The first-order chi connectivity index (χ1) is 14.2. The highest BCUT2D eigenvalue weighted by Crippen LogP contribution is 2.29. The largest absolute Gasteiger partial charge is 0.352 e. The van der Waals surface area contributed by atoms with Gasteiger partial charge in [-0.1, -0.05) is 34.1 Å². The van der Waals surface area contributed by atoms with Gasteiger partial charge in [0, 0.05) is 41.5 Å². The summed E-state index contributed by atoms with van der Waals surface area (Å²) in [6.45, 7) is 1.50. The highest BCUT2D eigenvalue weighted by Gasteiger charge is 2.16. The van der Waals surface area contributed by atoms with Crippen molar-refractivity contribution in [3.05, 3.63) is 64.3 Å². The van der Waals surface area contributed by atoms with Crippen molar-refractivity contribution in [2.24, 2.45) is 0 Å². The zero-order valence-electron chi connectivity index (χ0n) is 16.0. The second-order valence-corrected chi connectivity index (χ2v) is 8.89. The molecule has 0 radical (unpaired) electrons. The fraction of sp³-hybridized carbons (Fsp3) is 0.333. The fourth-order valence-corrected chi connectivity index (χ4v) is 4.52. The summed E-state index contributed by atoms with van der Waals surface area (Å²) >= 11 is 4.92. The van der Waals surface area contributed by atoms with Crippen LogP contribution in [-0.2, 0) is 19.4 Å². The molecule has 0 saturated heterocycles. The van der Waals surface area contributed by atoms with Gasteiger partial charge < -0.3 is 9.88 Å². The van der Waals surface area contributed by atoms with Crippen LogP contribution in [0.25, 0.3) is 0 Å². The Kier molecular flexibility index (Phi) is 6.61. The normalized spacial score (nSPS) is 13.6. The topological polar surface area (TPSA) is 72.7 Å². The van der Waals surface area contributed by atoms with Gasteiger partial charge in [-0.15, -0.1) is 10.2 Å². The van der Waals surface area contributed by atoms with Crippen molar-refractivity contribution in [1.82, 2.24) is 25.1 Å². The van der Waals surface area contributed by atoms with Crippen LogP contribution in [0.5, 0.6) is 0 Å². The lowest BCUT2D eigenvalue weighted by molar-refractivity contribution is 0.0950. The number of nitrogens with one attached hydrogen (secondary N) is 1. The van der Waals surface area contributed by atoms with Crippen molar-refractivity contribution in [3.8, 4) is 0 Å². The highest BCUT2D eigenvalue weighted by atomic mass is 79.9. The summed E-state index contributed by atoms with van der Waals surface area (Å²) in [5.41, 5.74) is 0.584. The van der Waals surface area contributed by atoms with Crippen molar-refractivity contribution in [3.63, 3.8) is 0 Å². The van der Waals surface area contributed by atoms with Crippen LogP contribution in [0.4, 0.5) is 0 Å². The minimum atomic E-state index is -0.117. The molecule has 8 heteroatoms. The Hall–Kier alpha value is -2.19. The molecule has 0 spiro atoms. The number of halogens is 1. The molecular weight excluding hydrogens is 450 g/mol. The van der Waals surface area contributed by atoms with Gasteiger partial charge in [0.05, 0.1) is 5.56 Å². The van der Waals surface area contributed by atoms with Crippen LogP contribution in [0.1, 0.15) is 41.3 Å². The average Bonchev–Trinajstić information content (AvgIpc) is 2.96. The number of amides is 1. The number of rotatable bonds is 6. The summed E-state index contributed by atoms with van der Waals surface area (Å²) < 4.78 is 3.24. The molecule has 150 valence electrons. The van der Waals surface area contributed by atoms with E-state index < -0.39 is 0 Å². The summed E-state index contributed by atoms with van der Waals surface area (Å²) in [5.74, 6) is 1.91. The molecule has 1 aromatic carbocycles. The van der Waals surface area contributed by atoms with Crippen LogP contribution >= 0.6 is 27.7 Å². The SMILES string of the molecule is O=C(NCCc1nnc2n1CCCCC2)c1cccnc1Sc1ccc(Br)cc1. The van der Waals surface area contributed by atoms with Crippen molar-refractivity contribution in [1.29, 1.82) is 0 Å². The Morgan fingerprint density at radius 3 is 2.86 bits per heavy atom. The van der Waals surface area contributed by atoms with Crippen LogP contribution in [0.3, 0.4) is 0 Å². The maximum atomic E-state index is 12.8. The van der Waals surface area contributed by atoms with E-state index in [-0.39, 0.29) is 5.91 Å². The lowest BCUT2D eigenvalue weighted by atomic mass is 10.2. The quantitative estimate of drug-likeness (QED) is 0.580. The molecule has 1 aliphatic rings. The molecule has 0 saturated carbocycles. The summed E-state index contributed by atoms with van der Waals surface area (Å²) in [4.78, 5) is 18.2. The van der Waals surface area contributed by atoms with Crippen LogP contribution in [0.2, 0.25) is 0 Å². The van der Waals surface area contributed by atoms with Gasteiger partial charge >= 0.3 is 0 Å². The Balaban J connectivity index is 1.39. The molecule has 4 rings (SSSR count). The molecule has 1 aliphatic heterocycles. The molecular formula is C21H22BrN5OS. The zero-order chi connectivity index (χ0) is 20.1. The average molecular weight is 472 g/mol. The molecule has 6 nitrogen and oxygen atoms in total. The number of fused-ring (bicyclic) bond motifs is 1. The molecule has 3 heterocycles. The molecule has 0 atom stereocenters. The summed E-state index contributed by atoms with van der Waals surface area (Å²) in [7, 11) is 0. The number of hydrogen-bond donors (Lipinski definition) is 1. The minimum Gasteiger partial charge on any atom is -0.352 e. The van der Waals surface area contributed by atoms with E-state index in [1.165, 1.54) is 24.6 Å².